The zero-order valence-corrected chi connectivity index (χ0v) is 12.6. The lowest BCUT2D eigenvalue weighted by atomic mass is 9.81. The lowest BCUT2D eigenvalue weighted by molar-refractivity contribution is -0.116. The smallest absolute Gasteiger partial charge is 0.0734 e. The van der Waals surface area contributed by atoms with Crippen molar-refractivity contribution in [3.63, 3.8) is 0 Å². The fourth-order valence-electron chi connectivity index (χ4n) is 2.82. The first-order valence-electron chi connectivity index (χ1n) is 7.30. The van der Waals surface area contributed by atoms with Gasteiger partial charge in [0, 0.05) is 19.4 Å². The molecule has 106 valence electrons. The molecular formula is C17H26O2. The van der Waals surface area contributed by atoms with Crippen LogP contribution in [0.15, 0.2) is 18.2 Å². The van der Waals surface area contributed by atoms with Gasteiger partial charge in [0.2, 0.25) is 0 Å². The topological polar surface area (TPSA) is 29.5 Å². The summed E-state index contributed by atoms with van der Waals surface area (Å²) in [6.45, 7) is 9.24. The van der Waals surface area contributed by atoms with Crippen LogP contribution in [0.5, 0.6) is 0 Å². The molecule has 2 heteroatoms. The third-order valence-electron chi connectivity index (χ3n) is 4.33. The quantitative estimate of drug-likeness (QED) is 0.904. The average molecular weight is 262 g/mol. The van der Waals surface area contributed by atoms with Gasteiger partial charge < -0.3 is 9.84 Å². The number of hydrogen-bond acceptors (Lipinski definition) is 2. The summed E-state index contributed by atoms with van der Waals surface area (Å²) in [6.07, 6.45) is 2.41. The van der Waals surface area contributed by atoms with Crippen LogP contribution in [0.2, 0.25) is 0 Å². The number of aliphatic hydroxyl groups is 1. The predicted octanol–water partition coefficient (Wildman–Crippen LogP) is 3.41. The number of ether oxygens (including phenoxy) is 1. The van der Waals surface area contributed by atoms with Crippen LogP contribution in [-0.4, -0.2) is 23.4 Å². The summed E-state index contributed by atoms with van der Waals surface area (Å²) in [5.74, 6) is 0.464. The van der Waals surface area contributed by atoms with Gasteiger partial charge >= 0.3 is 0 Å². The van der Waals surface area contributed by atoms with Gasteiger partial charge in [-0.05, 0) is 42.9 Å². The largest absolute Gasteiger partial charge is 0.389 e. The van der Waals surface area contributed by atoms with E-state index in [2.05, 4.69) is 45.9 Å². The van der Waals surface area contributed by atoms with Gasteiger partial charge in [0.25, 0.3) is 0 Å². The van der Waals surface area contributed by atoms with Crippen molar-refractivity contribution in [3.05, 3.63) is 34.9 Å². The molecule has 2 atom stereocenters. The molecular weight excluding hydrogens is 236 g/mol. The number of benzene rings is 1. The van der Waals surface area contributed by atoms with Crippen molar-refractivity contribution in [2.75, 3.05) is 6.61 Å². The molecule has 0 amide bonds. The third kappa shape index (κ3) is 3.58. The molecule has 1 N–H and O–H groups in total. The summed E-state index contributed by atoms with van der Waals surface area (Å²) >= 11 is 0. The maximum atomic E-state index is 10.8. The highest BCUT2D eigenvalue weighted by Gasteiger charge is 2.36. The zero-order chi connectivity index (χ0) is 14.0. The van der Waals surface area contributed by atoms with Gasteiger partial charge in [0.1, 0.15) is 0 Å². The van der Waals surface area contributed by atoms with Crippen molar-refractivity contribution >= 4 is 0 Å². The molecule has 1 aromatic carbocycles. The van der Waals surface area contributed by atoms with E-state index < -0.39 is 5.60 Å². The van der Waals surface area contributed by atoms with Gasteiger partial charge in [-0.25, -0.2) is 0 Å². The molecule has 2 unspecified atom stereocenters. The highest BCUT2D eigenvalue weighted by molar-refractivity contribution is 5.30. The van der Waals surface area contributed by atoms with E-state index in [4.69, 9.17) is 4.74 Å². The van der Waals surface area contributed by atoms with E-state index in [-0.39, 0.29) is 6.10 Å². The summed E-state index contributed by atoms with van der Waals surface area (Å²) in [6, 6.07) is 6.49. The maximum Gasteiger partial charge on any atom is 0.0734 e. The fourth-order valence-corrected chi connectivity index (χ4v) is 2.82. The molecule has 0 radical (unpaired) electrons. The minimum atomic E-state index is -0.602. The Morgan fingerprint density at radius 1 is 1.32 bits per heavy atom. The zero-order valence-electron chi connectivity index (χ0n) is 12.6. The molecule has 2 nitrogen and oxygen atoms in total. The molecule has 0 aliphatic carbocycles. The molecule has 0 bridgehead atoms. The van der Waals surface area contributed by atoms with Gasteiger partial charge in [-0.3, -0.25) is 0 Å². The van der Waals surface area contributed by atoms with Crippen LogP contribution in [0.4, 0.5) is 0 Å². The number of rotatable bonds is 3. The van der Waals surface area contributed by atoms with E-state index >= 15 is 0 Å². The van der Waals surface area contributed by atoms with Gasteiger partial charge in [-0.2, -0.15) is 0 Å². The van der Waals surface area contributed by atoms with Crippen molar-refractivity contribution in [1.29, 1.82) is 0 Å². The minimum Gasteiger partial charge on any atom is -0.389 e. The summed E-state index contributed by atoms with van der Waals surface area (Å²) < 4.78 is 5.76. The second-order valence-electron chi connectivity index (χ2n) is 6.43. The van der Waals surface area contributed by atoms with E-state index in [1.54, 1.807) is 0 Å². The van der Waals surface area contributed by atoms with Crippen LogP contribution in [0.25, 0.3) is 0 Å². The molecule has 0 aromatic heterocycles. The Morgan fingerprint density at radius 3 is 2.68 bits per heavy atom. The van der Waals surface area contributed by atoms with E-state index in [1.807, 2.05) is 0 Å². The second-order valence-corrected chi connectivity index (χ2v) is 6.43. The van der Waals surface area contributed by atoms with Crippen molar-refractivity contribution in [2.24, 2.45) is 5.92 Å². The summed E-state index contributed by atoms with van der Waals surface area (Å²) in [5, 5.41) is 10.8. The Bertz CT molecular complexity index is 439. The average Bonchev–Trinajstić information content (AvgIpc) is 2.33. The molecule has 19 heavy (non-hydrogen) atoms. The van der Waals surface area contributed by atoms with E-state index in [0.717, 1.165) is 19.3 Å². The molecule has 0 saturated carbocycles. The number of hydrogen-bond donors (Lipinski definition) is 1. The molecule has 1 aliphatic rings. The van der Waals surface area contributed by atoms with Gasteiger partial charge in [-0.15, -0.1) is 0 Å². The molecule has 1 saturated heterocycles. The highest BCUT2D eigenvalue weighted by Crippen LogP contribution is 2.31. The molecule has 1 aliphatic heterocycles. The van der Waals surface area contributed by atoms with Crippen LogP contribution in [0.1, 0.15) is 43.4 Å². The Hall–Kier alpha value is -0.860. The fraction of sp³-hybridized carbons (Fsp3) is 0.647. The third-order valence-corrected chi connectivity index (χ3v) is 4.33. The van der Waals surface area contributed by atoms with Crippen LogP contribution in [0.3, 0.4) is 0 Å². The van der Waals surface area contributed by atoms with E-state index in [9.17, 15) is 5.11 Å². The van der Waals surface area contributed by atoms with E-state index in [0.29, 0.717) is 12.5 Å². The lowest BCUT2D eigenvalue weighted by Crippen LogP contribution is -2.44. The predicted molar refractivity (Wildman–Crippen MR) is 78.4 cm³/mol. The summed E-state index contributed by atoms with van der Waals surface area (Å²) in [7, 11) is 0. The minimum absolute atomic E-state index is 0.185. The molecule has 1 aromatic rings. The summed E-state index contributed by atoms with van der Waals surface area (Å²) in [5.41, 5.74) is 3.24. The van der Waals surface area contributed by atoms with Crippen LogP contribution in [-0.2, 0) is 11.2 Å². The monoisotopic (exact) mass is 262 g/mol. The molecule has 0 spiro atoms. The number of aryl methyl sites for hydroxylation is 2. The van der Waals surface area contributed by atoms with Crippen LogP contribution in [0, 0.1) is 19.8 Å². The Morgan fingerprint density at radius 2 is 2.05 bits per heavy atom. The van der Waals surface area contributed by atoms with Crippen LogP contribution >= 0.6 is 0 Å². The van der Waals surface area contributed by atoms with Gasteiger partial charge in [-0.1, -0.05) is 32.0 Å². The first-order valence-corrected chi connectivity index (χ1v) is 7.30. The first-order chi connectivity index (χ1) is 8.89. The first kappa shape index (κ1) is 14.5. The molecule has 2 rings (SSSR count). The summed E-state index contributed by atoms with van der Waals surface area (Å²) in [4.78, 5) is 0. The normalized spacial score (nSPS) is 27.8. The van der Waals surface area contributed by atoms with Crippen molar-refractivity contribution in [1.82, 2.24) is 0 Å². The maximum absolute atomic E-state index is 10.8. The lowest BCUT2D eigenvalue weighted by Gasteiger charge is -2.38. The van der Waals surface area contributed by atoms with E-state index in [1.165, 1.54) is 16.7 Å². The Kier molecular flexibility index (Phi) is 4.32. The van der Waals surface area contributed by atoms with Gasteiger partial charge in [0.15, 0.2) is 0 Å². The van der Waals surface area contributed by atoms with Crippen LogP contribution < -0.4 is 0 Å². The molecule has 1 fully saturated rings. The standard InChI is InChI=1S/C17H26O2/c1-12(2)16-11-17(18,7-8-19-16)10-15-6-5-13(3)14(4)9-15/h5-6,9,12,16,18H,7-8,10-11H2,1-4H3. The van der Waals surface area contributed by atoms with Crippen molar-refractivity contribution in [2.45, 2.75) is 58.7 Å². The van der Waals surface area contributed by atoms with Crippen molar-refractivity contribution in [3.8, 4) is 0 Å². The Balaban J connectivity index is 2.09. The second kappa shape index (κ2) is 5.64. The SMILES string of the molecule is Cc1ccc(CC2(O)CCOC(C(C)C)C2)cc1C. The Labute approximate surface area is 116 Å². The molecule has 1 heterocycles. The van der Waals surface area contributed by atoms with Crippen molar-refractivity contribution < 1.29 is 9.84 Å². The van der Waals surface area contributed by atoms with Gasteiger partial charge in [0.05, 0.1) is 11.7 Å². The highest BCUT2D eigenvalue weighted by atomic mass is 16.5.